The van der Waals surface area contributed by atoms with E-state index in [1.807, 2.05) is 13.8 Å². The summed E-state index contributed by atoms with van der Waals surface area (Å²) in [5.74, 6) is -0.166. The van der Waals surface area contributed by atoms with Crippen molar-refractivity contribution in [3.8, 4) is 0 Å². The van der Waals surface area contributed by atoms with E-state index in [9.17, 15) is 4.79 Å². The Bertz CT molecular complexity index is 148. The third-order valence-electron chi connectivity index (χ3n) is 2.10. The third-order valence-corrected chi connectivity index (χ3v) is 2.10. The highest BCUT2D eigenvalue weighted by Gasteiger charge is 2.27. The number of ether oxygens (including phenoxy) is 1. The largest absolute Gasteiger partial charge is 0.376 e. The lowest BCUT2D eigenvalue weighted by molar-refractivity contribution is -0.129. The van der Waals surface area contributed by atoms with Crippen molar-refractivity contribution in [2.75, 3.05) is 0 Å². The quantitative estimate of drug-likeness (QED) is 0.608. The van der Waals surface area contributed by atoms with E-state index in [1.165, 1.54) is 0 Å². The molecular formula is C8H15NO2. The molecule has 1 rings (SSSR count). The predicted octanol–water partition coefficient (Wildman–Crippen LogP) is 0.675. The van der Waals surface area contributed by atoms with E-state index in [1.54, 1.807) is 0 Å². The Balaban J connectivity index is 2.49. The SMILES string of the molecule is CC1CC(C(N)=O)CC(C)O1. The predicted molar refractivity (Wildman–Crippen MR) is 41.9 cm³/mol. The number of nitrogens with two attached hydrogens (primary N) is 1. The lowest BCUT2D eigenvalue weighted by Crippen LogP contribution is -2.36. The molecule has 0 radical (unpaired) electrons. The van der Waals surface area contributed by atoms with E-state index < -0.39 is 0 Å². The average molecular weight is 157 g/mol. The summed E-state index contributed by atoms with van der Waals surface area (Å²) in [5.41, 5.74) is 5.20. The molecule has 0 aromatic rings. The Labute approximate surface area is 66.9 Å². The molecule has 2 N–H and O–H groups in total. The average Bonchev–Trinajstić information content (AvgIpc) is 1.85. The molecule has 1 aliphatic rings. The van der Waals surface area contributed by atoms with E-state index in [-0.39, 0.29) is 24.0 Å². The van der Waals surface area contributed by atoms with Crippen LogP contribution in [0.5, 0.6) is 0 Å². The van der Waals surface area contributed by atoms with Gasteiger partial charge >= 0.3 is 0 Å². The van der Waals surface area contributed by atoms with Crippen molar-refractivity contribution in [2.45, 2.75) is 38.9 Å². The zero-order valence-electron chi connectivity index (χ0n) is 7.04. The molecule has 0 spiro atoms. The molecule has 1 heterocycles. The van der Waals surface area contributed by atoms with Crippen LogP contribution in [0.25, 0.3) is 0 Å². The number of carbonyl (C=O) groups excluding carboxylic acids is 1. The molecule has 1 fully saturated rings. The lowest BCUT2D eigenvalue weighted by atomic mass is 9.92. The highest BCUT2D eigenvalue weighted by Crippen LogP contribution is 2.23. The van der Waals surface area contributed by atoms with Crippen LogP contribution in [-0.4, -0.2) is 18.1 Å². The van der Waals surface area contributed by atoms with Crippen LogP contribution in [-0.2, 0) is 9.53 Å². The van der Waals surface area contributed by atoms with Crippen LogP contribution < -0.4 is 5.73 Å². The van der Waals surface area contributed by atoms with Gasteiger partial charge < -0.3 is 10.5 Å². The van der Waals surface area contributed by atoms with E-state index in [2.05, 4.69) is 0 Å². The Hall–Kier alpha value is -0.570. The topological polar surface area (TPSA) is 52.3 Å². The second kappa shape index (κ2) is 3.22. The first-order chi connectivity index (χ1) is 5.09. The third kappa shape index (κ3) is 2.19. The maximum Gasteiger partial charge on any atom is 0.220 e. The summed E-state index contributed by atoms with van der Waals surface area (Å²) >= 11 is 0. The Kier molecular flexibility index (Phi) is 2.49. The first-order valence-corrected chi connectivity index (χ1v) is 4.04. The monoisotopic (exact) mass is 157 g/mol. The van der Waals surface area contributed by atoms with Gasteiger partial charge in [0.1, 0.15) is 0 Å². The number of carbonyl (C=O) groups is 1. The van der Waals surface area contributed by atoms with Gasteiger partial charge in [-0.15, -0.1) is 0 Å². The molecule has 64 valence electrons. The zero-order chi connectivity index (χ0) is 8.43. The van der Waals surface area contributed by atoms with Crippen LogP contribution in [0.4, 0.5) is 0 Å². The molecule has 0 aromatic carbocycles. The molecule has 0 aliphatic carbocycles. The maximum absolute atomic E-state index is 10.8. The molecule has 3 nitrogen and oxygen atoms in total. The van der Waals surface area contributed by atoms with Crippen molar-refractivity contribution in [3.63, 3.8) is 0 Å². The molecule has 0 aromatic heterocycles. The fourth-order valence-corrected chi connectivity index (χ4v) is 1.64. The molecule has 1 amide bonds. The number of hydrogen-bond acceptors (Lipinski definition) is 2. The van der Waals surface area contributed by atoms with E-state index in [0.29, 0.717) is 0 Å². The minimum Gasteiger partial charge on any atom is -0.376 e. The van der Waals surface area contributed by atoms with Crippen molar-refractivity contribution < 1.29 is 9.53 Å². The summed E-state index contributed by atoms with van der Waals surface area (Å²) < 4.78 is 5.46. The van der Waals surface area contributed by atoms with Crippen LogP contribution in [0, 0.1) is 5.92 Å². The number of primary amides is 1. The molecule has 0 saturated carbocycles. The van der Waals surface area contributed by atoms with Crippen molar-refractivity contribution in [1.29, 1.82) is 0 Å². The molecule has 2 unspecified atom stereocenters. The van der Waals surface area contributed by atoms with Gasteiger partial charge in [0.2, 0.25) is 5.91 Å². The van der Waals surface area contributed by atoms with Gasteiger partial charge in [-0.1, -0.05) is 0 Å². The summed E-state index contributed by atoms with van der Waals surface area (Å²) in [5, 5.41) is 0. The summed E-state index contributed by atoms with van der Waals surface area (Å²) in [6.45, 7) is 3.96. The minimum absolute atomic E-state index is 0.0220. The van der Waals surface area contributed by atoms with Crippen LogP contribution in [0.1, 0.15) is 26.7 Å². The second-order valence-corrected chi connectivity index (χ2v) is 3.33. The van der Waals surface area contributed by atoms with Crippen molar-refractivity contribution in [1.82, 2.24) is 0 Å². The van der Waals surface area contributed by atoms with Gasteiger partial charge in [0.25, 0.3) is 0 Å². The zero-order valence-corrected chi connectivity index (χ0v) is 7.04. The van der Waals surface area contributed by atoms with Crippen molar-refractivity contribution in [2.24, 2.45) is 11.7 Å². The van der Waals surface area contributed by atoms with Crippen LogP contribution in [0.15, 0.2) is 0 Å². The second-order valence-electron chi connectivity index (χ2n) is 3.33. The van der Waals surface area contributed by atoms with E-state index in [4.69, 9.17) is 10.5 Å². The Morgan fingerprint density at radius 1 is 1.36 bits per heavy atom. The van der Waals surface area contributed by atoms with Gasteiger partial charge in [-0.2, -0.15) is 0 Å². The molecule has 3 heteroatoms. The fraction of sp³-hybridized carbons (Fsp3) is 0.875. The smallest absolute Gasteiger partial charge is 0.220 e. The van der Waals surface area contributed by atoms with Gasteiger partial charge in [0.15, 0.2) is 0 Å². The number of hydrogen-bond donors (Lipinski definition) is 1. The van der Waals surface area contributed by atoms with Gasteiger partial charge in [-0.25, -0.2) is 0 Å². The Morgan fingerprint density at radius 3 is 2.18 bits per heavy atom. The summed E-state index contributed by atoms with van der Waals surface area (Å²) in [7, 11) is 0. The summed E-state index contributed by atoms with van der Waals surface area (Å²) in [6, 6.07) is 0. The van der Waals surface area contributed by atoms with Crippen molar-refractivity contribution >= 4 is 5.91 Å². The molecule has 11 heavy (non-hydrogen) atoms. The van der Waals surface area contributed by atoms with Gasteiger partial charge in [-0.3, -0.25) is 4.79 Å². The normalized spacial score (nSPS) is 38.5. The highest BCUT2D eigenvalue weighted by atomic mass is 16.5. The summed E-state index contributed by atoms with van der Waals surface area (Å²) in [6.07, 6.45) is 1.91. The van der Waals surface area contributed by atoms with Crippen molar-refractivity contribution in [3.05, 3.63) is 0 Å². The van der Waals surface area contributed by atoms with Crippen LogP contribution in [0.2, 0.25) is 0 Å². The molecule has 1 saturated heterocycles. The summed E-state index contributed by atoms with van der Waals surface area (Å²) in [4.78, 5) is 10.8. The van der Waals surface area contributed by atoms with Gasteiger partial charge in [-0.05, 0) is 26.7 Å². The minimum atomic E-state index is -0.188. The van der Waals surface area contributed by atoms with Gasteiger partial charge in [0, 0.05) is 5.92 Å². The number of amides is 1. The number of rotatable bonds is 1. The van der Waals surface area contributed by atoms with Gasteiger partial charge in [0.05, 0.1) is 12.2 Å². The molecular weight excluding hydrogens is 142 g/mol. The van der Waals surface area contributed by atoms with Crippen LogP contribution in [0.3, 0.4) is 0 Å². The molecule has 2 atom stereocenters. The molecule has 1 aliphatic heterocycles. The molecule has 0 bridgehead atoms. The Morgan fingerprint density at radius 2 is 1.82 bits per heavy atom. The lowest BCUT2D eigenvalue weighted by Gasteiger charge is -2.30. The maximum atomic E-state index is 10.8. The fourth-order valence-electron chi connectivity index (χ4n) is 1.64. The highest BCUT2D eigenvalue weighted by molar-refractivity contribution is 5.76. The van der Waals surface area contributed by atoms with E-state index in [0.717, 1.165) is 12.8 Å². The van der Waals surface area contributed by atoms with Crippen LogP contribution >= 0.6 is 0 Å². The first-order valence-electron chi connectivity index (χ1n) is 4.04. The standard InChI is InChI=1S/C8H15NO2/c1-5-3-7(8(9)10)4-6(2)11-5/h5-7H,3-4H2,1-2H3,(H2,9,10). The first kappa shape index (κ1) is 8.53. The van der Waals surface area contributed by atoms with E-state index >= 15 is 0 Å².